The first-order valence-corrected chi connectivity index (χ1v) is 9.65. The van der Waals surface area contributed by atoms with E-state index >= 15 is 0 Å². The summed E-state index contributed by atoms with van der Waals surface area (Å²) in [5.41, 5.74) is 1.73. The number of carbonyl (C=O) groups is 1. The molecule has 1 fully saturated rings. The lowest BCUT2D eigenvalue weighted by Crippen LogP contribution is -2.54. The number of aromatic nitrogens is 1. The molecule has 0 bridgehead atoms. The fourth-order valence-corrected chi connectivity index (χ4v) is 4.07. The van der Waals surface area contributed by atoms with E-state index < -0.39 is 0 Å². The normalized spacial score (nSPS) is 17.7. The van der Waals surface area contributed by atoms with E-state index in [0.29, 0.717) is 12.2 Å². The molecular formula is C19H26N4O2S. The number of benzene rings is 1. The van der Waals surface area contributed by atoms with Gasteiger partial charge in [-0.25, -0.2) is 4.98 Å². The molecule has 7 heteroatoms. The molecule has 1 unspecified atom stereocenters. The van der Waals surface area contributed by atoms with Gasteiger partial charge in [-0.15, -0.1) is 11.3 Å². The number of rotatable bonds is 5. The van der Waals surface area contributed by atoms with Gasteiger partial charge in [-0.2, -0.15) is 0 Å². The van der Waals surface area contributed by atoms with Crippen molar-refractivity contribution in [3.05, 3.63) is 40.3 Å². The minimum absolute atomic E-state index is 0.0353. The number of methoxy groups -OCH3 is 1. The third kappa shape index (κ3) is 4.16. The van der Waals surface area contributed by atoms with Crippen molar-refractivity contribution in [3.63, 3.8) is 0 Å². The van der Waals surface area contributed by atoms with Crippen molar-refractivity contribution in [1.82, 2.24) is 14.8 Å². The van der Waals surface area contributed by atoms with E-state index in [1.54, 1.807) is 18.4 Å². The Morgan fingerprint density at radius 1 is 1.31 bits per heavy atom. The lowest BCUT2D eigenvalue weighted by molar-refractivity contribution is 0.0668. The molecule has 140 valence electrons. The molecular weight excluding hydrogens is 348 g/mol. The number of anilines is 1. The summed E-state index contributed by atoms with van der Waals surface area (Å²) in [6.45, 7) is 5.19. The Bertz CT molecular complexity index is 744. The van der Waals surface area contributed by atoms with Crippen LogP contribution in [0.15, 0.2) is 29.6 Å². The van der Waals surface area contributed by atoms with Gasteiger partial charge in [-0.3, -0.25) is 4.79 Å². The van der Waals surface area contributed by atoms with Gasteiger partial charge in [0.05, 0.1) is 7.11 Å². The van der Waals surface area contributed by atoms with E-state index in [1.165, 1.54) is 0 Å². The van der Waals surface area contributed by atoms with Crippen LogP contribution in [0.2, 0.25) is 0 Å². The average Bonchev–Trinajstić information content (AvgIpc) is 3.09. The predicted molar refractivity (Wildman–Crippen MR) is 105 cm³/mol. The Morgan fingerprint density at radius 2 is 2.04 bits per heavy atom. The Morgan fingerprint density at radius 3 is 2.65 bits per heavy atom. The molecule has 0 N–H and O–H groups in total. The molecule has 2 aromatic rings. The molecule has 0 radical (unpaired) electrons. The van der Waals surface area contributed by atoms with Crippen molar-refractivity contribution < 1.29 is 9.53 Å². The molecule has 1 atom stereocenters. The summed E-state index contributed by atoms with van der Waals surface area (Å²) in [7, 11) is 5.68. The van der Waals surface area contributed by atoms with Gasteiger partial charge in [-0.1, -0.05) is 0 Å². The van der Waals surface area contributed by atoms with Crippen LogP contribution >= 0.6 is 11.3 Å². The second-order valence-electron chi connectivity index (χ2n) is 6.86. The predicted octanol–water partition coefficient (Wildman–Crippen LogP) is 2.56. The summed E-state index contributed by atoms with van der Waals surface area (Å²) in [5.74, 6) is 0.890. The van der Waals surface area contributed by atoms with Crippen LogP contribution in [0.3, 0.4) is 0 Å². The summed E-state index contributed by atoms with van der Waals surface area (Å²) in [6, 6.07) is 8.21. The van der Waals surface area contributed by atoms with Gasteiger partial charge >= 0.3 is 0 Å². The molecule has 1 aliphatic heterocycles. The van der Waals surface area contributed by atoms with Gasteiger partial charge in [0.1, 0.15) is 16.5 Å². The first kappa shape index (κ1) is 18.7. The molecule has 2 heterocycles. The lowest BCUT2D eigenvalue weighted by Gasteiger charge is -2.40. The summed E-state index contributed by atoms with van der Waals surface area (Å²) < 4.78 is 5.22. The van der Waals surface area contributed by atoms with Crippen LogP contribution in [-0.2, 0) is 6.54 Å². The van der Waals surface area contributed by atoms with Crippen molar-refractivity contribution in [2.45, 2.75) is 19.5 Å². The van der Waals surface area contributed by atoms with Crippen LogP contribution in [-0.4, -0.2) is 67.6 Å². The maximum absolute atomic E-state index is 12.9. The third-order valence-corrected chi connectivity index (χ3v) is 5.38. The Balaban J connectivity index is 1.64. The first-order chi connectivity index (χ1) is 12.5. The SMILES string of the molecule is COc1ccc(N2CCN(C(=O)c3csc(CN(C)C)n3)C(C)C2)cc1. The highest BCUT2D eigenvalue weighted by atomic mass is 32.1. The number of hydrogen-bond acceptors (Lipinski definition) is 6. The van der Waals surface area contributed by atoms with E-state index in [2.05, 4.69) is 33.8 Å². The Hall–Kier alpha value is -2.12. The molecule has 1 aromatic heterocycles. The molecule has 1 aliphatic rings. The van der Waals surface area contributed by atoms with Crippen LogP contribution in [0.1, 0.15) is 22.4 Å². The molecule has 0 saturated carbocycles. The Labute approximate surface area is 159 Å². The molecule has 1 aromatic carbocycles. The zero-order valence-corrected chi connectivity index (χ0v) is 16.6. The second-order valence-corrected chi connectivity index (χ2v) is 7.80. The van der Waals surface area contributed by atoms with Gasteiger partial charge < -0.3 is 19.4 Å². The van der Waals surface area contributed by atoms with Crippen molar-refractivity contribution in [1.29, 1.82) is 0 Å². The highest BCUT2D eigenvalue weighted by Crippen LogP contribution is 2.23. The van der Waals surface area contributed by atoms with E-state index in [0.717, 1.165) is 36.1 Å². The first-order valence-electron chi connectivity index (χ1n) is 8.77. The third-order valence-electron chi connectivity index (χ3n) is 4.55. The minimum Gasteiger partial charge on any atom is -0.497 e. The molecule has 6 nitrogen and oxygen atoms in total. The van der Waals surface area contributed by atoms with Crippen LogP contribution < -0.4 is 9.64 Å². The summed E-state index contributed by atoms with van der Waals surface area (Å²) >= 11 is 1.55. The smallest absolute Gasteiger partial charge is 0.273 e. The fraction of sp³-hybridized carbons (Fsp3) is 0.474. The average molecular weight is 375 g/mol. The largest absolute Gasteiger partial charge is 0.497 e. The van der Waals surface area contributed by atoms with E-state index in [4.69, 9.17) is 4.74 Å². The Kier molecular flexibility index (Phi) is 5.78. The number of carbonyl (C=O) groups excluding carboxylic acids is 1. The zero-order chi connectivity index (χ0) is 18.7. The van der Waals surface area contributed by atoms with Crippen LogP contribution in [0.4, 0.5) is 5.69 Å². The minimum atomic E-state index is 0.0353. The van der Waals surface area contributed by atoms with Crippen LogP contribution in [0.5, 0.6) is 5.75 Å². The zero-order valence-electron chi connectivity index (χ0n) is 15.8. The van der Waals surface area contributed by atoms with Gasteiger partial charge in [0.15, 0.2) is 0 Å². The molecule has 0 aliphatic carbocycles. The number of piperazine rings is 1. The standard InChI is InChI=1S/C19H26N4O2S/c1-14-11-22(15-5-7-16(25-4)8-6-15)9-10-23(14)19(24)17-13-26-18(20-17)12-21(2)3/h5-8,13-14H,9-12H2,1-4H3. The summed E-state index contributed by atoms with van der Waals surface area (Å²) in [4.78, 5) is 23.7. The quantitative estimate of drug-likeness (QED) is 0.805. The fourth-order valence-electron chi connectivity index (χ4n) is 3.19. The molecule has 1 saturated heterocycles. The van der Waals surface area contributed by atoms with Gasteiger partial charge in [0, 0.05) is 43.3 Å². The van der Waals surface area contributed by atoms with Crippen LogP contribution in [0.25, 0.3) is 0 Å². The van der Waals surface area contributed by atoms with Gasteiger partial charge in [-0.05, 0) is 45.3 Å². The van der Waals surface area contributed by atoms with Crippen molar-refractivity contribution in [3.8, 4) is 5.75 Å². The van der Waals surface area contributed by atoms with Crippen molar-refractivity contribution in [2.75, 3.05) is 45.7 Å². The number of hydrogen-bond donors (Lipinski definition) is 0. The molecule has 3 rings (SSSR count). The summed E-state index contributed by atoms with van der Waals surface area (Å²) in [5, 5.41) is 2.85. The molecule has 1 amide bonds. The van der Waals surface area contributed by atoms with Gasteiger partial charge in [0.2, 0.25) is 0 Å². The van der Waals surface area contributed by atoms with Gasteiger partial charge in [0.25, 0.3) is 5.91 Å². The molecule has 0 spiro atoms. The maximum atomic E-state index is 12.9. The number of ether oxygens (including phenoxy) is 1. The second kappa shape index (κ2) is 8.05. The lowest BCUT2D eigenvalue weighted by atomic mass is 10.1. The summed E-state index contributed by atoms with van der Waals surface area (Å²) in [6.07, 6.45) is 0. The van der Waals surface area contributed by atoms with E-state index in [9.17, 15) is 4.79 Å². The van der Waals surface area contributed by atoms with E-state index in [1.807, 2.05) is 36.5 Å². The van der Waals surface area contributed by atoms with Crippen LogP contribution in [0, 0.1) is 0 Å². The number of thiazole rings is 1. The van der Waals surface area contributed by atoms with E-state index in [-0.39, 0.29) is 11.9 Å². The number of nitrogens with zero attached hydrogens (tertiary/aromatic N) is 4. The van der Waals surface area contributed by atoms with Crippen molar-refractivity contribution in [2.24, 2.45) is 0 Å². The monoisotopic (exact) mass is 374 g/mol. The van der Waals surface area contributed by atoms with Crippen molar-refractivity contribution >= 4 is 22.9 Å². The molecule has 26 heavy (non-hydrogen) atoms. The highest BCUT2D eigenvalue weighted by Gasteiger charge is 2.29. The maximum Gasteiger partial charge on any atom is 0.273 e. The highest BCUT2D eigenvalue weighted by molar-refractivity contribution is 7.09. The topological polar surface area (TPSA) is 48.9 Å². The number of amides is 1.